The van der Waals surface area contributed by atoms with Crippen LogP contribution in [-0.2, 0) is 9.63 Å². The molecule has 0 saturated carbocycles. The topological polar surface area (TPSA) is 62.7 Å². The molecule has 2 aliphatic rings. The van der Waals surface area contributed by atoms with Crippen LogP contribution in [0.5, 0.6) is 0 Å². The van der Waals surface area contributed by atoms with Gasteiger partial charge in [0.25, 0.3) is 5.91 Å². The fourth-order valence-electron chi connectivity index (χ4n) is 2.65. The van der Waals surface area contributed by atoms with Gasteiger partial charge >= 0.3 is 0 Å². The smallest absolute Gasteiger partial charge is 0.273 e. The first-order valence-corrected chi connectivity index (χ1v) is 7.01. The van der Waals surface area contributed by atoms with Gasteiger partial charge in [-0.1, -0.05) is 22.9 Å². The van der Waals surface area contributed by atoms with Gasteiger partial charge in [-0.25, -0.2) is 0 Å². The molecule has 1 atom stereocenters. The maximum atomic E-state index is 12.2. The number of piperidine rings is 1. The van der Waals surface area contributed by atoms with Gasteiger partial charge < -0.3 is 15.5 Å². The molecule has 1 saturated heterocycles. The molecule has 114 valence electrons. The van der Waals surface area contributed by atoms with E-state index < -0.39 is 0 Å². The maximum Gasteiger partial charge on any atom is 0.273 e. The SMILES string of the molecule is Cc1ccc(NC(=O)C2=NOC3(CCCNC3)C2)cc1.Cl. The van der Waals surface area contributed by atoms with Gasteiger partial charge in [-0.2, -0.15) is 0 Å². The molecule has 0 bridgehead atoms. The Kier molecular flexibility index (Phi) is 4.85. The lowest BCUT2D eigenvalue weighted by Crippen LogP contribution is -2.46. The third kappa shape index (κ3) is 3.54. The van der Waals surface area contributed by atoms with E-state index in [-0.39, 0.29) is 23.9 Å². The molecular weight excluding hydrogens is 290 g/mol. The van der Waals surface area contributed by atoms with Crippen molar-refractivity contribution in [3.05, 3.63) is 29.8 Å². The number of aryl methyl sites for hydroxylation is 1. The predicted octanol–water partition coefficient (Wildman–Crippen LogP) is 2.25. The summed E-state index contributed by atoms with van der Waals surface area (Å²) in [7, 11) is 0. The molecule has 0 aliphatic carbocycles. The summed E-state index contributed by atoms with van der Waals surface area (Å²) >= 11 is 0. The van der Waals surface area contributed by atoms with Crippen LogP contribution in [0.1, 0.15) is 24.8 Å². The Labute approximate surface area is 130 Å². The summed E-state index contributed by atoms with van der Waals surface area (Å²) in [5.41, 5.74) is 2.12. The highest BCUT2D eigenvalue weighted by Gasteiger charge is 2.42. The van der Waals surface area contributed by atoms with Gasteiger partial charge in [0.15, 0.2) is 5.60 Å². The summed E-state index contributed by atoms with van der Waals surface area (Å²) in [5, 5.41) is 10.2. The second kappa shape index (κ2) is 6.45. The van der Waals surface area contributed by atoms with E-state index >= 15 is 0 Å². The molecule has 6 heteroatoms. The van der Waals surface area contributed by atoms with Gasteiger partial charge in [-0.15, -0.1) is 12.4 Å². The van der Waals surface area contributed by atoms with Crippen molar-refractivity contribution >= 4 is 29.7 Å². The monoisotopic (exact) mass is 309 g/mol. The highest BCUT2D eigenvalue weighted by Crippen LogP contribution is 2.30. The number of benzene rings is 1. The number of carbonyl (C=O) groups is 1. The van der Waals surface area contributed by atoms with Crippen molar-refractivity contribution in [3.8, 4) is 0 Å². The zero-order valence-corrected chi connectivity index (χ0v) is 12.8. The van der Waals surface area contributed by atoms with Crippen molar-refractivity contribution in [3.63, 3.8) is 0 Å². The fraction of sp³-hybridized carbons (Fsp3) is 0.467. The van der Waals surface area contributed by atoms with Gasteiger partial charge in [-0.05, 0) is 38.4 Å². The first kappa shape index (κ1) is 15.8. The second-order valence-corrected chi connectivity index (χ2v) is 5.59. The van der Waals surface area contributed by atoms with E-state index in [9.17, 15) is 4.79 Å². The highest BCUT2D eigenvalue weighted by atomic mass is 35.5. The summed E-state index contributed by atoms with van der Waals surface area (Å²) in [6.07, 6.45) is 2.59. The molecule has 1 fully saturated rings. The van der Waals surface area contributed by atoms with Crippen molar-refractivity contribution in [2.75, 3.05) is 18.4 Å². The van der Waals surface area contributed by atoms with Gasteiger partial charge in [0.2, 0.25) is 0 Å². The first-order valence-electron chi connectivity index (χ1n) is 7.01. The summed E-state index contributed by atoms with van der Waals surface area (Å²) in [4.78, 5) is 17.7. The number of hydrogen-bond donors (Lipinski definition) is 2. The van der Waals surface area contributed by atoms with Crippen LogP contribution in [0, 0.1) is 6.92 Å². The zero-order chi connectivity index (χ0) is 14.0. The number of nitrogens with zero attached hydrogens (tertiary/aromatic N) is 1. The number of nitrogens with one attached hydrogen (secondary N) is 2. The lowest BCUT2D eigenvalue weighted by atomic mass is 9.89. The number of halogens is 1. The summed E-state index contributed by atoms with van der Waals surface area (Å²) in [6.45, 7) is 3.79. The zero-order valence-electron chi connectivity index (χ0n) is 12.0. The molecule has 2 heterocycles. The van der Waals surface area contributed by atoms with Crippen LogP contribution in [0.4, 0.5) is 5.69 Å². The molecule has 2 N–H and O–H groups in total. The van der Waals surface area contributed by atoms with Crippen molar-refractivity contribution < 1.29 is 9.63 Å². The average Bonchev–Trinajstić information content (AvgIpc) is 2.86. The number of hydrogen-bond acceptors (Lipinski definition) is 4. The molecule has 1 amide bonds. The Morgan fingerprint density at radius 2 is 2.14 bits per heavy atom. The van der Waals surface area contributed by atoms with E-state index in [1.165, 1.54) is 0 Å². The Morgan fingerprint density at radius 1 is 1.38 bits per heavy atom. The van der Waals surface area contributed by atoms with Crippen LogP contribution in [0.3, 0.4) is 0 Å². The Bertz CT molecular complexity index is 536. The van der Waals surface area contributed by atoms with Crippen molar-refractivity contribution in [2.45, 2.75) is 31.8 Å². The normalized spacial score (nSPS) is 24.0. The quantitative estimate of drug-likeness (QED) is 0.881. The predicted molar refractivity (Wildman–Crippen MR) is 85.0 cm³/mol. The van der Waals surface area contributed by atoms with Crippen molar-refractivity contribution in [1.82, 2.24) is 5.32 Å². The number of anilines is 1. The summed E-state index contributed by atoms with van der Waals surface area (Å²) in [5.74, 6) is -0.170. The van der Waals surface area contributed by atoms with Crippen LogP contribution in [0.25, 0.3) is 0 Å². The lowest BCUT2D eigenvalue weighted by molar-refractivity contribution is -0.110. The molecule has 1 aromatic carbocycles. The van der Waals surface area contributed by atoms with Crippen LogP contribution in [0.15, 0.2) is 29.4 Å². The average molecular weight is 310 g/mol. The lowest BCUT2D eigenvalue weighted by Gasteiger charge is -2.30. The van der Waals surface area contributed by atoms with Crippen LogP contribution < -0.4 is 10.6 Å². The number of oxime groups is 1. The molecule has 2 aliphatic heterocycles. The third-order valence-corrected chi connectivity index (χ3v) is 3.84. The van der Waals surface area contributed by atoms with Gasteiger partial charge in [-0.3, -0.25) is 4.79 Å². The molecule has 3 rings (SSSR count). The van der Waals surface area contributed by atoms with E-state index in [0.717, 1.165) is 37.2 Å². The largest absolute Gasteiger partial charge is 0.387 e. The Morgan fingerprint density at radius 3 is 2.81 bits per heavy atom. The minimum absolute atomic E-state index is 0. The first-order chi connectivity index (χ1) is 9.67. The molecule has 5 nitrogen and oxygen atoms in total. The maximum absolute atomic E-state index is 12.2. The molecule has 1 aromatic rings. The third-order valence-electron chi connectivity index (χ3n) is 3.84. The van der Waals surface area contributed by atoms with Crippen LogP contribution in [-0.4, -0.2) is 30.3 Å². The Balaban J connectivity index is 0.00000161. The van der Waals surface area contributed by atoms with Crippen LogP contribution >= 0.6 is 12.4 Å². The minimum Gasteiger partial charge on any atom is -0.387 e. The van der Waals surface area contributed by atoms with Gasteiger partial charge in [0.1, 0.15) is 5.71 Å². The highest BCUT2D eigenvalue weighted by molar-refractivity contribution is 6.43. The van der Waals surface area contributed by atoms with Crippen molar-refractivity contribution in [2.24, 2.45) is 5.16 Å². The van der Waals surface area contributed by atoms with Gasteiger partial charge in [0.05, 0.1) is 0 Å². The van der Waals surface area contributed by atoms with E-state index in [1.54, 1.807) is 0 Å². The van der Waals surface area contributed by atoms with E-state index in [1.807, 2.05) is 31.2 Å². The van der Waals surface area contributed by atoms with Crippen molar-refractivity contribution in [1.29, 1.82) is 0 Å². The molecule has 1 unspecified atom stereocenters. The van der Waals surface area contributed by atoms with E-state index in [0.29, 0.717) is 12.1 Å². The fourth-order valence-corrected chi connectivity index (χ4v) is 2.65. The minimum atomic E-state index is -0.307. The molecule has 21 heavy (non-hydrogen) atoms. The molecule has 1 spiro atoms. The Hall–Kier alpha value is -1.59. The summed E-state index contributed by atoms with van der Waals surface area (Å²) < 4.78 is 0. The number of rotatable bonds is 2. The standard InChI is InChI=1S/C15H19N3O2.ClH/c1-11-3-5-12(6-4-11)17-14(19)13-9-15(20-18-13)7-2-8-16-10-15;/h3-6,16H,2,7-10H2,1H3,(H,17,19);1H. The second-order valence-electron chi connectivity index (χ2n) is 5.59. The van der Waals surface area contributed by atoms with E-state index in [4.69, 9.17) is 4.84 Å². The van der Waals surface area contributed by atoms with Gasteiger partial charge in [0, 0.05) is 18.7 Å². The molecule has 0 radical (unpaired) electrons. The number of carbonyl (C=O) groups excluding carboxylic acids is 1. The summed E-state index contributed by atoms with van der Waals surface area (Å²) in [6, 6.07) is 7.72. The number of amides is 1. The molecular formula is C15H20ClN3O2. The van der Waals surface area contributed by atoms with E-state index in [2.05, 4.69) is 15.8 Å². The molecule has 0 aromatic heterocycles. The van der Waals surface area contributed by atoms with Crippen LogP contribution in [0.2, 0.25) is 0 Å².